The molecule has 0 atom stereocenters. The van der Waals surface area contributed by atoms with Crippen molar-refractivity contribution < 1.29 is 9.53 Å². The van der Waals surface area contributed by atoms with Crippen LogP contribution in [0.15, 0.2) is 29.6 Å². The first-order valence-electron chi connectivity index (χ1n) is 6.52. The van der Waals surface area contributed by atoms with Gasteiger partial charge < -0.3 is 4.74 Å². The zero-order valence-electron chi connectivity index (χ0n) is 11.7. The van der Waals surface area contributed by atoms with E-state index in [9.17, 15) is 4.79 Å². The molecular weight excluding hydrogens is 288 g/mol. The maximum atomic E-state index is 11.4. The molecule has 1 N–H and O–H groups in total. The Kier molecular flexibility index (Phi) is 3.57. The van der Waals surface area contributed by atoms with Crippen molar-refractivity contribution in [1.82, 2.24) is 14.6 Å². The summed E-state index contributed by atoms with van der Waals surface area (Å²) in [6.45, 7) is 4.10. The predicted octanol–water partition coefficient (Wildman–Crippen LogP) is 3.33. The smallest absolute Gasteiger partial charge is 0.414 e. The quantitative estimate of drug-likeness (QED) is 0.805. The van der Waals surface area contributed by atoms with Crippen molar-refractivity contribution >= 4 is 28.3 Å². The molecule has 0 fully saturated rings. The number of benzene rings is 1. The number of nitrogens with zero attached hydrogens (tertiary/aromatic N) is 3. The number of thiazole rings is 1. The third-order valence-corrected chi connectivity index (χ3v) is 3.73. The van der Waals surface area contributed by atoms with Gasteiger partial charge in [0, 0.05) is 10.9 Å². The van der Waals surface area contributed by atoms with Crippen molar-refractivity contribution in [3.05, 3.63) is 35.2 Å². The van der Waals surface area contributed by atoms with E-state index >= 15 is 0 Å². The molecule has 0 radical (unpaired) electrons. The Morgan fingerprint density at radius 3 is 2.86 bits per heavy atom. The lowest BCUT2D eigenvalue weighted by Gasteiger charge is -2.00. The largest absolute Gasteiger partial charge is 0.450 e. The molecule has 6 nitrogen and oxygen atoms in total. The van der Waals surface area contributed by atoms with Crippen molar-refractivity contribution in [2.75, 3.05) is 11.9 Å². The fourth-order valence-electron chi connectivity index (χ4n) is 1.92. The van der Waals surface area contributed by atoms with Gasteiger partial charge in [0.15, 0.2) is 0 Å². The van der Waals surface area contributed by atoms with Crippen molar-refractivity contribution in [2.45, 2.75) is 13.8 Å². The summed E-state index contributed by atoms with van der Waals surface area (Å²) < 4.78 is 6.53. The van der Waals surface area contributed by atoms with E-state index in [0.717, 1.165) is 16.2 Å². The average molecular weight is 302 g/mol. The predicted molar refractivity (Wildman–Crippen MR) is 81.7 cm³/mol. The minimum Gasteiger partial charge on any atom is -0.450 e. The van der Waals surface area contributed by atoms with Crippen LogP contribution in [-0.2, 0) is 4.74 Å². The Balaban J connectivity index is 1.93. The van der Waals surface area contributed by atoms with Crippen LogP contribution in [0.4, 0.5) is 10.7 Å². The molecule has 0 saturated heterocycles. The Morgan fingerprint density at radius 2 is 2.14 bits per heavy atom. The molecular formula is C14H14N4O2S. The summed E-state index contributed by atoms with van der Waals surface area (Å²) in [4.78, 5) is 16.4. The van der Waals surface area contributed by atoms with Crippen LogP contribution in [0.2, 0.25) is 0 Å². The summed E-state index contributed by atoms with van der Waals surface area (Å²) in [6.07, 6.45) is -0.548. The molecule has 7 heteroatoms. The van der Waals surface area contributed by atoms with Crippen LogP contribution in [0.5, 0.6) is 0 Å². The summed E-state index contributed by atoms with van der Waals surface area (Å²) in [7, 11) is 0. The highest BCUT2D eigenvalue weighted by Crippen LogP contribution is 2.26. The van der Waals surface area contributed by atoms with Gasteiger partial charge in [-0.15, -0.1) is 16.4 Å². The van der Waals surface area contributed by atoms with E-state index in [0.29, 0.717) is 6.61 Å². The van der Waals surface area contributed by atoms with E-state index in [4.69, 9.17) is 4.74 Å². The summed E-state index contributed by atoms with van der Waals surface area (Å²) in [5.74, 6) is 0.244. The second kappa shape index (κ2) is 5.53. The van der Waals surface area contributed by atoms with Gasteiger partial charge in [0.05, 0.1) is 12.3 Å². The van der Waals surface area contributed by atoms with Crippen molar-refractivity contribution in [3.63, 3.8) is 0 Å². The molecule has 0 aliphatic rings. The number of aromatic nitrogens is 3. The Morgan fingerprint density at radius 1 is 1.38 bits per heavy atom. The van der Waals surface area contributed by atoms with Crippen LogP contribution < -0.4 is 5.32 Å². The first kappa shape index (κ1) is 13.6. The molecule has 0 aliphatic heterocycles. The first-order valence-corrected chi connectivity index (χ1v) is 7.40. The number of carbonyl (C=O) groups excluding carboxylic acids is 1. The molecule has 0 spiro atoms. The molecule has 1 aromatic carbocycles. The van der Waals surface area contributed by atoms with Gasteiger partial charge in [-0.3, -0.25) is 5.32 Å². The summed E-state index contributed by atoms with van der Waals surface area (Å²) in [5.41, 5.74) is 3.20. The topological polar surface area (TPSA) is 68.5 Å². The van der Waals surface area contributed by atoms with Crippen LogP contribution in [0.1, 0.15) is 12.5 Å². The third kappa shape index (κ3) is 2.73. The molecule has 108 valence electrons. The average Bonchev–Trinajstić information content (AvgIpc) is 3.00. The minimum atomic E-state index is -0.548. The van der Waals surface area contributed by atoms with Crippen LogP contribution in [-0.4, -0.2) is 27.3 Å². The number of rotatable bonds is 3. The normalized spacial score (nSPS) is 10.8. The Hall–Kier alpha value is -2.41. The molecule has 0 saturated carbocycles. The number of hydrogen-bond acceptors (Lipinski definition) is 5. The summed E-state index contributed by atoms with van der Waals surface area (Å²) in [5, 5.41) is 8.80. The number of carbonyl (C=O) groups is 1. The number of anilines is 1. The van der Waals surface area contributed by atoms with Gasteiger partial charge in [-0.05, 0) is 13.8 Å². The highest BCUT2D eigenvalue weighted by Gasteiger charge is 2.13. The monoisotopic (exact) mass is 302 g/mol. The van der Waals surface area contributed by atoms with Gasteiger partial charge in [0.25, 0.3) is 5.95 Å². The SMILES string of the molecule is CCOC(=O)Nc1nc2scc(-c3ccc(C)cc3)n2n1. The molecule has 0 aliphatic carbocycles. The number of aryl methyl sites for hydroxylation is 1. The van der Waals surface area contributed by atoms with E-state index in [1.165, 1.54) is 16.9 Å². The van der Waals surface area contributed by atoms with E-state index in [-0.39, 0.29) is 5.95 Å². The molecule has 3 rings (SSSR count). The molecule has 0 bridgehead atoms. The van der Waals surface area contributed by atoms with Gasteiger partial charge in [0.1, 0.15) is 0 Å². The van der Waals surface area contributed by atoms with Gasteiger partial charge >= 0.3 is 6.09 Å². The lowest BCUT2D eigenvalue weighted by atomic mass is 10.1. The third-order valence-electron chi connectivity index (χ3n) is 2.92. The van der Waals surface area contributed by atoms with E-state index in [2.05, 4.69) is 15.4 Å². The second-order valence-corrected chi connectivity index (χ2v) is 5.30. The zero-order chi connectivity index (χ0) is 14.8. The second-order valence-electron chi connectivity index (χ2n) is 4.46. The standard InChI is InChI=1S/C14H14N4O2S/c1-3-20-14(19)16-12-15-13-18(17-12)11(8-21-13)10-6-4-9(2)5-7-10/h4-8H,3H2,1-2H3,(H,16,17,19). The van der Waals surface area contributed by atoms with Gasteiger partial charge in [-0.1, -0.05) is 29.8 Å². The van der Waals surface area contributed by atoms with Crippen molar-refractivity contribution in [3.8, 4) is 11.3 Å². The van der Waals surface area contributed by atoms with Crippen molar-refractivity contribution in [2.24, 2.45) is 0 Å². The lowest BCUT2D eigenvalue weighted by molar-refractivity contribution is 0.167. The molecule has 1 amide bonds. The summed E-state index contributed by atoms with van der Waals surface area (Å²) in [6, 6.07) is 8.18. The Labute approximate surface area is 125 Å². The van der Waals surface area contributed by atoms with Gasteiger partial charge in [-0.25, -0.2) is 9.31 Å². The van der Waals surface area contributed by atoms with Crippen LogP contribution in [0.25, 0.3) is 16.2 Å². The molecule has 2 aromatic heterocycles. The molecule has 21 heavy (non-hydrogen) atoms. The molecule has 2 heterocycles. The zero-order valence-corrected chi connectivity index (χ0v) is 12.5. The van der Waals surface area contributed by atoms with E-state index in [1.54, 1.807) is 11.4 Å². The molecule has 0 unspecified atom stereocenters. The number of nitrogens with one attached hydrogen (secondary N) is 1. The van der Waals surface area contributed by atoms with E-state index < -0.39 is 6.09 Å². The highest BCUT2D eigenvalue weighted by atomic mass is 32.1. The maximum Gasteiger partial charge on any atom is 0.414 e. The summed E-state index contributed by atoms with van der Waals surface area (Å²) >= 11 is 1.47. The number of fused-ring (bicyclic) bond motifs is 1. The first-order chi connectivity index (χ1) is 10.2. The lowest BCUT2D eigenvalue weighted by Crippen LogP contribution is -2.14. The van der Waals surface area contributed by atoms with Crippen LogP contribution in [0.3, 0.4) is 0 Å². The fourth-order valence-corrected chi connectivity index (χ4v) is 2.75. The van der Waals surface area contributed by atoms with Crippen molar-refractivity contribution in [1.29, 1.82) is 0 Å². The minimum absolute atomic E-state index is 0.244. The number of amides is 1. The van der Waals surface area contributed by atoms with Gasteiger partial charge in [-0.2, -0.15) is 4.98 Å². The Bertz CT molecular complexity index is 776. The maximum absolute atomic E-state index is 11.4. The van der Waals surface area contributed by atoms with E-state index in [1.807, 2.05) is 36.6 Å². The number of hydrogen-bond donors (Lipinski definition) is 1. The molecule has 3 aromatic rings. The number of ether oxygens (including phenoxy) is 1. The van der Waals surface area contributed by atoms with Crippen LogP contribution in [0, 0.1) is 6.92 Å². The van der Waals surface area contributed by atoms with Crippen LogP contribution >= 0.6 is 11.3 Å². The highest BCUT2D eigenvalue weighted by molar-refractivity contribution is 7.15. The van der Waals surface area contributed by atoms with Gasteiger partial charge in [0.2, 0.25) is 4.96 Å². The fraction of sp³-hybridized carbons (Fsp3) is 0.214.